The molecule has 8 N–H and O–H groups in total. The third kappa shape index (κ3) is 2.73. The van der Waals surface area contributed by atoms with Crippen LogP contribution < -0.4 is 22.2 Å². The van der Waals surface area contributed by atoms with Gasteiger partial charge in [0.25, 0.3) is 0 Å². The Morgan fingerprint density at radius 1 is 1.18 bits per heavy atom. The Kier molecular flexibility index (Phi) is 3.45. The highest BCUT2D eigenvalue weighted by molar-refractivity contribution is 6.11. The predicted molar refractivity (Wildman–Crippen MR) is 86.5 cm³/mol. The summed E-state index contributed by atoms with van der Waals surface area (Å²) in [5, 5.41) is 9.33. The van der Waals surface area contributed by atoms with Gasteiger partial charge in [0, 0.05) is 23.8 Å². The zero-order valence-corrected chi connectivity index (χ0v) is 11.7. The lowest BCUT2D eigenvalue weighted by Gasteiger charge is -2.09. The highest BCUT2D eigenvalue weighted by Crippen LogP contribution is 2.22. The zero-order chi connectivity index (χ0) is 15.5. The lowest BCUT2D eigenvalue weighted by Crippen LogP contribution is -2.41. The van der Waals surface area contributed by atoms with E-state index in [0.717, 1.165) is 16.9 Å². The van der Waals surface area contributed by atoms with Crippen molar-refractivity contribution in [3.8, 4) is 0 Å². The summed E-state index contributed by atoms with van der Waals surface area (Å²) in [6.45, 7) is 0. The van der Waals surface area contributed by atoms with E-state index < -0.39 is 0 Å². The second kappa shape index (κ2) is 5.57. The largest absolute Gasteiger partial charge is 0.398 e. The summed E-state index contributed by atoms with van der Waals surface area (Å²) < 4.78 is 0. The van der Waals surface area contributed by atoms with Crippen LogP contribution >= 0.6 is 0 Å². The van der Waals surface area contributed by atoms with E-state index in [1.807, 2.05) is 30.5 Å². The van der Waals surface area contributed by atoms with Crippen LogP contribution in [0.3, 0.4) is 0 Å². The number of benzene rings is 1. The molecule has 0 saturated heterocycles. The van der Waals surface area contributed by atoms with Crippen molar-refractivity contribution in [3.63, 3.8) is 0 Å². The Morgan fingerprint density at radius 2 is 2.05 bits per heavy atom. The van der Waals surface area contributed by atoms with Gasteiger partial charge >= 0.3 is 0 Å². The number of rotatable bonds is 4. The minimum atomic E-state index is 0.207. The fraction of sp³-hybridized carbons (Fsp3) is 0. The van der Waals surface area contributed by atoms with Crippen molar-refractivity contribution >= 4 is 28.9 Å². The van der Waals surface area contributed by atoms with Gasteiger partial charge in [0.1, 0.15) is 11.5 Å². The predicted octanol–water partition coefficient (Wildman–Crippen LogP) is 0.309. The second-order valence-corrected chi connectivity index (χ2v) is 4.72. The Hall–Kier alpha value is -3.35. The number of nitrogens with zero attached hydrogens (tertiary/aromatic N) is 2. The lowest BCUT2D eigenvalue weighted by atomic mass is 10.0. The first-order chi connectivity index (χ1) is 10.6. The lowest BCUT2D eigenvalue weighted by molar-refractivity contribution is -0.111. The Balaban J connectivity index is 1.91. The molecule has 0 radical (unpaired) electrons. The number of hydrogen-bond acceptors (Lipinski definition) is 5. The Bertz CT molecular complexity index is 809. The van der Waals surface area contributed by atoms with E-state index in [1.165, 1.54) is 0 Å². The third-order valence-corrected chi connectivity index (χ3v) is 3.18. The Labute approximate surface area is 126 Å². The normalized spacial score (nSPS) is 10.4. The maximum atomic E-state index is 6.18. The minimum absolute atomic E-state index is 0.207. The molecule has 0 atom stereocenters. The summed E-state index contributed by atoms with van der Waals surface area (Å²) >= 11 is 0. The number of nitrogen functional groups attached to an aromatic ring is 2. The van der Waals surface area contributed by atoms with Gasteiger partial charge in [-0.3, -0.25) is 5.41 Å². The smallest absolute Gasteiger partial charge is 0.229 e. The van der Waals surface area contributed by atoms with Gasteiger partial charge in [-0.05, 0) is 36.4 Å². The first-order valence-corrected chi connectivity index (χ1v) is 6.65. The molecule has 0 spiro atoms. The first-order valence-electron chi connectivity index (χ1n) is 6.65. The highest BCUT2D eigenvalue weighted by Gasteiger charge is 2.15. The van der Waals surface area contributed by atoms with Gasteiger partial charge in [0.05, 0.1) is 5.56 Å². The molecule has 0 bridgehead atoms. The topological polar surface area (TPSA) is 131 Å². The summed E-state index contributed by atoms with van der Waals surface area (Å²) in [5.41, 5.74) is 15.1. The molecule has 22 heavy (non-hydrogen) atoms. The molecule has 3 aromatic rings. The second-order valence-electron chi connectivity index (χ2n) is 4.72. The van der Waals surface area contributed by atoms with Gasteiger partial charge in [-0.25, -0.2) is 4.98 Å². The minimum Gasteiger partial charge on any atom is -0.398 e. The van der Waals surface area contributed by atoms with Crippen LogP contribution in [0.15, 0.2) is 48.8 Å². The van der Waals surface area contributed by atoms with Crippen molar-refractivity contribution in [1.29, 1.82) is 0 Å². The molecule has 0 unspecified atom stereocenters. The van der Waals surface area contributed by atoms with E-state index in [-0.39, 0.29) is 5.95 Å². The molecule has 2 aromatic heterocycles. The molecule has 110 valence electrons. The van der Waals surface area contributed by atoms with Crippen molar-refractivity contribution in [3.05, 3.63) is 60.0 Å². The molecule has 2 heterocycles. The number of aromatic nitrogens is 3. The molecule has 0 aliphatic rings. The van der Waals surface area contributed by atoms with Crippen LogP contribution in [0.4, 0.5) is 23.1 Å². The van der Waals surface area contributed by atoms with Crippen molar-refractivity contribution < 1.29 is 5.41 Å². The van der Waals surface area contributed by atoms with Crippen LogP contribution in [-0.4, -0.2) is 20.7 Å². The van der Waals surface area contributed by atoms with Crippen molar-refractivity contribution in [2.24, 2.45) is 0 Å². The number of H-pyrrole nitrogens is 1. The number of hydrogen-bond donors (Lipinski definition) is 5. The summed E-state index contributed by atoms with van der Waals surface area (Å²) in [7, 11) is 0. The van der Waals surface area contributed by atoms with Gasteiger partial charge < -0.3 is 21.8 Å². The fourth-order valence-corrected chi connectivity index (χ4v) is 2.10. The summed E-state index contributed by atoms with van der Waals surface area (Å²) in [6.07, 6.45) is 3.40. The van der Waals surface area contributed by atoms with Gasteiger partial charge in [-0.15, -0.1) is 0 Å². The van der Waals surface area contributed by atoms with Crippen LogP contribution in [0.2, 0.25) is 0 Å². The Morgan fingerprint density at radius 3 is 2.77 bits per heavy atom. The molecule has 7 nitrogen and oxygen atoms in total. The molecule has 3 rings (SSSR count). The summed E-state index contributed by atoms with van der Waals surface area (Å²) in [6, 6.07) is 11.0. The standard InChI is InChI=1S/C15H15N7/c16-11-4-3-9(21-13-5-7-20-15(18)22-13)8-10(11)14(17)12-2-1-6-19-12/h1-8,17,19H,16H2,(H3,18,20,21,22)/p+1. The average Bonchev–Trinajstić information content (AvgIpc) is 3.03. The quantitative estimate of drug-likeness (QED) is 0.349. The van der Waals surface area contributed by atoms with Crippen LogP contribution in [0.1, 0.15) is 11.3 Å². The van der Waals surface area contributed by atoms with Crippen LogP contribution in [0.5, 0.6) is 0 Å². The van der Waals surface area contributed by atoms with E-state index in [0.29, 0.717) is 17.2 Å². The van der Waals surface area contributed by atoms with Crippen molar-refractivity contribution in [2.75, 3.05) is 16.8 Å². The van der Waals surface area contributed by atoms with E-state index in [9.17, 15) is 0 Å². The molecular formula is C15H16N7+. The number of nitrogens with one attached hydrogen (secondary N) is 2. The molecule has 0 aliphatic carbocycles. The SMILES string of the molecule is Nc1nccc(Nc2ccc(N)c(C(=[NH2+])c3ccc[nH]3)c2)n1. The molecule has 0 saturated carbocycles. The van der Waals surface area contributed by atoms with Gasteiger partial charge in [0.15, 0.2) is 0 Å². The van der Waals surface area contributed by atoms with Crippen molar-refractivity contribution in [2.45, 2.75) is 0 Å². The van der Waals surface area contributed by atoms with Gasteiger partial charge in [0.2, 0.25) is 11.7 Å². The molecule has 7 heteroatoms. The fourth-order valence-electron chi connectivity index (χ4n) is 2.10. The van der Waals surface area contributed by atoms with E-state index in [2.05, 4.69) is 20.3 Å². The number of nitrogens with two attached hydrogens (primary N) is 3. The number of anilines is 4. The summed E-state index contributed by atoms with van der Waals surface area (Å²) in [5.74, 6) is 0.805. The van der Waals surface area contributed by atoms with E-state index in [1.54, 1.807) is 18.3 Å². The number of aromatic amines is 1. The molecule has 0 aliphatic heterocycles. The molecular weight excluding hydrogens is 278 g/mol. The van der Waals surface area contributed by atoms with Crippen LogP contribution in [0, 0.1) is 0 Å². The van der Waals surface area contributed by atoms with Crippen molar-refractivity contribution in [1.82, 2.24) is 15.0 Å². The molecule has 1 aromatic carbocycles. The van der Waals surface area contributed by atoms with Crippen LogP contribution in [-0.2, 0) is 0 Å². The van der Waals surface area contributed by atoms with Gasteiger partial charge in [-0.2, -0.15) is 4.98 Å². The highest BCUT2D eigenvalue weighted by atomic mass is 15.1. The average molecular weight is 294 g/mol. The first kappa shape index (κ1) is 13.6. The molecule has 0 fully saturated rings. The zero-order valence-electron chi connectivity index (χ0n) is 11.7. The van der Waals surface area contributed by atoms with Crippen LogP contribution in [0.25, 0.3) is 0 Å². The molecule has 0 amide bonds. The van der Waals surface area contributed by atoms with E-state index in [4.69, 9.17) is 16.9 Å². The monoisotopic (exact) mass is 294 g/mol. The summed E-state index contributed by atoms with van der Waals surface area (Å²) in [4.78, 5) is 11.0. The van der Waals surface area contributed by atoms with Gasteiger partial charge in [-0.1, -0.05) is 0 Å². The maximum absolute atomic E-state index is 6.18. The van der Waals surface area contributed by atoms with E-state index >= 15 is 0 Å². The third-order valence-electron chi connectivity index (χ3n) is 3.18. The maximum Gasteiger partial charge on any atom is 0.229 e.